The van der Waals surface area contributed by atoms with Crippen LogP contribution in [0.2, 0.25) is 0 Å². The van der Waals surface area contributed by atoms with E-state index in [1.54, 1.807) is 0 Å². The first-order valence-electron chi connectivity index (χ1n) is 9.41. The van der Waals surface area contributed by atoms with Gasteiger partial charge in [0, 0.05) is 38.6 Å². The van der Waals surface area contributed by atoms with Gasteiger partial charge in [0.1, 0.15) is 0 Å². The highest BCUT2D eigenvalue weighted by Gasteiger charge is 2.34. The van der Waals surface area contributed by atoms with Crippen molar-refractivity contribution in [3.8, 4) is 0 Å². The van der Waals surface area contributed by atoms with Crippen LogP contribution in [0.5, 0.6) is 0 Å². The molecule has 0 aromatic heterocycles. The minimum atomic E-state index is -0.0964. The first-order valence-corrected chi connectivity index (χ1v) is 9.41. The van der Waals surface area contributed by atoms with Gasteiger partial charge in [-0.1, -0.05) is 30.3 Å². The minimum Gasteiger partial charge on any atom is -0.469 e. The third kappa shape index (κ3) is 5.27. The zero-order valence-electron chi connectivity index (χ0n) is 15.2. The van der Waals surface area contributed by atoms with Gasteiger partial charge in [0.05, 0.1) is 20.3 Å². The summed E-state index contributed by atoms with van der Waals surface area (Å²) in [5.74, 6) is 0.413. The lowest BCUT2D eigenvalue weighted by Gasteiger charge is -2.45. The lowest BCUT2D eigenvalue weighted by Crippen LogP contribution is -2.53. The van der Waals surface area contributed by atoms with Crippen LogP contribution in [0.25, 0.3) is 0 Å². The number of piperidine rings is 1. The van der Waals surface area contributed by atoms with Crippen LogP contribution in [-0.4, -0.2) is 68.3 Å². The van der Waals surface area contributed by atoms with Crippen LogP contribution in [0, 0.1) is 5.92 Å². The highest BCUT2D eigenvalue weighted by Crippen LogP contribution is 2.28. The van der Waals surface area contributed by atoms with Crippen molar-refractivity contribution in [1.82, 2.24) is 9.80 Å². The molecule has 0 bridgehead atoms. The number of hydrogen-bond donors (Lipinski definition) is 0. The molecule has 0 amide bonds. The number of carbonyl (C=O) groups excluding carboxylic acids is 1. The van der Waals surface area contributed by atoms with Crippen molar-refractivity contribution in [3.05, 3.63) is 35.9 Å². The molecule has 0 saturated carbocycles. The van der Waals surface area contributed by atoms with Crippen molar-refractivity contribution in [2.45, 2.75) is 31.8 Å². The molecule has 5 nitrogen and oxygen atoms in total. The molecule has 2 aliphatic rings. The summed E-state index contributed by atoms with van der Waals surface area (Å²) in [5.41, 5.74) is 1.36. The molecule has 0 aliphatic carbocycles. The Kier molecular flexibility index (Phi) is 6.84. The first kappa shape index (κ1) is 18.4. The Morgan fingerprint density at radius 1 is 1.20 bits per heavy atom. The molecule has 5 heteroatoms. The van der Waals surface area contributed by atoms with Gasteiger partial charge in [0.2, 0.25) is 0 Å². The van der Waals surface area contributed by atoms with Crippen molar-refractivity contribution in [2.24, 2.45) is 5.92 Å². The molecule has 1 aromatic rings. The number of nitrogens with zero attached hydrogens (tertiary/aromatic N) is 2. The van der Waals surface area contributed by atoms with Gasteiger partial charge in [-0.25, -0.2) is 0 Å². The molecule has 1 aromatic carbocycles. The Morgan fingerprint density at radius 2 is 1.96 bits per heavy atom. The van der Waals surface area contributed by atoms with E-state index in [1.165, 1.54) is 19.1 Å². The van der Waals surface area contributed by atoms with Crippen molar-refractivity contribution < 1.29 is 14.3 Å². The highest BCUT2D eigenvalue weighted by atomic mass is 16.5. The summed E-state index contributed by atoms with van der Waals surface area (Å²) < 4.78 is 10.4. The Hall–Kier alpha value is -1.43. The van der Waals surface area contributed by atoms with E-state index < -0.39 is 0 Å². The number of morpholine rings is 1. The van der Waals surface area contributed by atoms with Gasteiger partial charge in [-0.3, -0.25) is 14.6 Å². The van der Waals surface area contributed by atoms with Crippen molar-refractivity contribution in [3.63, 3.8) is 0 Å². The van der Waals surface area contributed by atoms with Crippen LogP contribution in [0.4, 0.5) is 0 Å². The summed E-state index contributed by atoms with van der Waals surface area (Å²) in [6.45, 7) is 6.84. The van der Waals surface area contributed by atoms with Crippen LogP contribution in [0.3, 0.4) is 0 Å². The maximum Gasteiger partial charge on any atom is 0.305 e. The van der Waals surface area contributed by atoms with E-state index in [2.05, 4.69) is 40.1 Å². The monoisotopic (exact) mass is 346 g/mol. The van der Waals surface area contributed by atoms with Crippen LogP contribution in [0.15, 0.2) is 30.3 Å². The fourth-order valence-corrected chi connectivity index (χ4v) is 4.16. The van der Waals surface area contributed by atoms with Gasteiger partial charge >= 0.3 is 5.97 Å². The number of benzene rings is 1. The van der Waals surface area contributed by atoms with Crippen molar-refractivity contribution in [1.29, 1.82) is 0 Å². The second-order valence-corrected chi connectivity index (χ2v) is 7.10. The molecule has 3 rings (SSSR count). The largest absolute Gasteiger partial charge is 0.469 e. The van der Waals surface area contributed by atoms with E-state index in [0.29, 0.717) is 18.4 Å². The standard InChI is InChI=1S/C20H30N2O3/c1-24-20(23)8-7-18-16-21(15-17-5-3-2-4-6-17)10-9-19(18)22-11-13-25-14-12-22/h2-6,18-19H,7-16H2,1H3/t18-,19+/m1/s1. The molecule has 138 valence electrons. The highest BCUT2D eigenvalue weighted by molar-refractivity contribution is 5.69. The maximum atomic E-state index is 11.6. The summed E-state index contributed by atoms with van der Waals surface area (Å²) in [6, 6.07) is 11.2. The van der Waals surface area contributed by atoms with E-state index in [0.717, 1.165) is 52.4 Å². The van der Waals surface area contributed by atoms with Gasteiger partial charge in [0.25, 0.3) is 0 Å². The summed E-state index contributed by atoms with van der Waals surface area (Å²) in [5, 5.41) is 0. The topological polar surface area (TPSA) is 42.0 Å². The SMILES string of the molecule is COC(=O)CC[C@@H]1CN(Cc2ccccc2)CC[C@@H]1N1CCOCC1. The summed E-state index contributed by atoms with van der Waals surface area (Å²) in [7, 11) is 1.48. The van der Waals surface area contributed by atoms with E-state index in [-0.39, 0.29) is 5.97 Å². The molecular formula is C20H30N2O3. The number of ether oxygens (including phenoxy) is 2. The van der Waals surface area contributed by atoms with Crippen LogP contribution in [-0.2, 0) is 20.8 Å². The molecule has 25 heavy (non-hydrogen) atoms. The maximum absolute atomic E-state index is 11.6. The summed E-state index contributed by atoms with van der Waals surface area (Å²) in [4.78, 5) is 16.8. The number of rotatable bonds is 6. The Morgan fingerprint density at radius 3 is 2.68 bits per heavy atom. The second kappa shape index (κ2) is 9.32. The lowest BCUT2D eigenvalue weighted by atomic mass is 9.86. The molecular weight excluding hydrogens is 316 g/mol. The second-order valence-electron chi connectivity index (χ2n) is 7.10. The van der Waals surface area contributed by atoms with Gasteiger partial charge in [0.15, 0.2) is 0 Å². The molecule has 2 atom stereocenters. The lowest BCUT2D eigenvalue weighted by molar-refractivity contribution is -0.141. The van der Waals surface area contributed by atoms with Crippen LogP contribution >= 0.6 is 0 Å². The number of hydrogen-bond acceptors (Lipinski definition) is 5. The predicted molar refractivity (Wildman–Crippen MR) is 97.3 cm³/mol. The fourth-order valence-electron chi connectivity index (χ4n) is 4.16. The molecule has 0 N–H and O–H groups in total. The Bertz CT molecular complexity index is 531. The molecule has 2 heterocycles. The van der Waals surface area contributed by atoms with Gasteiger partial charge in [-0.15, -0.1) is 0 Å². The van der Waals surface area contributed by atoms with Gasteiger partial charge in [-0.05, 0) is 30.9 Å². The molecule has 2 fully saturated rings. The van der Waals surface area contributed by atoms with Crippen molar-refractivity contribution >= 4 is 5.97 Å². The normalized spacial score (nSPS) is 25.6. The Balaban J connectivity index is 1.62. The third-order valence-electron chi connectivity index (χ3n) is 5.49. The van der Waals surface area contributed by atoms with E-state index in [1.807, 2.05) is 0 Å². The van der Waals surface area contributed by atoms with E-state index in [4.69, 9.17) is 9.47 Å². The number of esters is 1. The van der Waals surface area contributed by atoms with E-state index >= 15 is 0 Å². The molecule has 0 radical (unpaired) electrons. The molecule has 2 saturated heterocycles. The number of carbonyl (C=O) groups is 1. The molecule has 2 aliphatic heterocycles. The van der Waals surface area contributed by atoms with Crippen molar-refractivity contribution in [2.75, 3.05) is 46.5 Å². The zero-order chi connectivity index (χ0) is 17.5. The minimum absolute atomic E-state index is 0.0964. The predicted octanol–water partition coefficient (Wildman–Crippen LogP) is 2.16. The fraction of sp³-hybridized carbons (Fsp3) is 0.650. The smallest absolute Gasteiger partial charge is 0.305 e. The zero-order valence-corrected chi connectivity index (χ0v) is 15.2. The summed E-state index contributed by atoms with van der Waals surface area (Å²) >= 11 is 0. The van der Waals surface area contributed by atoms with Gasteiger partial charge in [-0.2, -0.15) is 0 Å². The first-order chi connectivity index (χ1) is 12.3. The average Bonchev–Trinajstić information content (AvgIpc) is 2.67. The van der Waals surface area contributed by atoms with Gasteiger partial charge < -0.3 is 9.47 Å². The van der Waals surface area contributed by atoms with E-state index in [9.17, 15) is 4.79 Å². The average molecular weight is 346 g/mol. The summed E-state index contributed by atoms with van der Waals surface area (Å²) in [6.07, 6.45) is 2.58. The van der Waals surface area contributed by atoms with Crippen LogP contribution < -0.4 is 0 Å². The van der Waals surface area contributed by atoms with Crippen LogP contribution in [0.1, 0.15) is 24.8 Å². The number of likely N-dealkylation sites (tertiary alicyclic amines) is 1. The molecule has 0 unspecified atom stereocenters. The molecule has 0 spiro atoms. The number of methoxy groups -OCH3 is 1. The Labute approximate surface area is 150 Å². The third-order valence-corrected chi connectivity index (χ3v) is 5.49. The quantitative estimate of drug-likeness (QED) is 0.739.